The lowest BCUT2D eigenvalue weighted by Gasteiger charge is -2.28. The van der Waals surface area contributed by atoms with E-state index >= 15 is 0 Å². The summed E-state index contributed by atoms with van der Waals surface area (Å²) in [6.45, 7) is 7.50. The molecule has 2 nitrogen and oxygen atoms in total. The smallest absolute Gasteiger partial charge is 0.137 e. The van der Waals surface area contributed by atoms with Gasteiger partial charge in [0.05, 0.1) is 12.1 Å². The molecule has 96 valence electrons. The minimum atomic E-state index is 0.201. The van der Waals surface area contributed by atoms with Gasteiger partial charge in [0.1, 0.15) is 5.75 Å². The second kappa shape index (κ2) is 6.27. The Morgan fingerprint density at radius 1 is 1.29 bits per heavy atom. The van der Waals surface area contributed by atoms with Crippen molar-refractivity contribution in [2.24, 2.45) is 0 Å². The zero-order valence-electron chi connectivity index (χ0n) is 11.1. The van der Waals surface area contributed by atoms with Gasteiger partial charge in [0, 0.05) is 12.1 Å². The predicted molar refractivity (Wildman–Crippen MR) is 73.8 cm³/mol. The molecular weight excluding hydrogens is 234 g/mol. The molecule has 1 aromatic rings. The number of rotatable bonds is 6. The summed E-state index contributed by atoms with van der Waals surface area (Å²) in [6.07, 6.45) is 2.24. The maximum Gasteiger partial charge on any atom is 0.137 e. The first-order valence-electron chi connectivity index (χ1n) is 6.12. The molecule has 1 rings (SSSR count). The number of hydrogen-bond donors (Lipinski definition) is 1. The maximum absolute atomic E-state index is 6.09. The molecule has 0 aliphatic rings. The van der Waals surface area contributed by atoms with Crippen LogP contribution >= 0.6 is 11.6 Å². The molecule has 0 atom stereocenters. The third-order valence-corrected chi connectivity index (χ3v) is 3.79. The van der Waals surface area contributed by atoms with Gasteiger partial charge >= 0.3 is 0 Å². The van der Waals surface area contributed by atoms with Crippen LogP contribution in [0.4, 0.5) is 0 Å². The first-order chi connectivity index (χ1) is 8.04. The van der Waals surface area contributed by atoms with Crippen molar-refractivity contribution in [3.05, 3.63) is 28.8 Å². The van der Waals surface area contributed by atoms with E-state index in [1.54, 1.807) is 7.11 Å². The lowest BCUT2D eigenvalue weighted by atomic mass is 9.95. The summed E-state index contributed by atoms with van der Waals surface area (Å²) in [4.78, 5) is 0. The van der Waals surface area contributed by atoms with E-state index in [-0.39, 0.29) is 5.54 Å². The van der Waals surface area contributed by atoms with E-state index in [4.69, 9.17) is 16.3 Å². The van der Waals surface area contributed by atoms with E-state index in [9.17, 15) is 0 Å². The lowest BCUT2D eigenvalue weighted by molar-refractivity contribution is 0.329. The summed E-state index contributed by atoms with van der Waals surface area (Å²) < 4.78 is 5.14. The highest BCUT2D eigenvalue weighted by molar-refractivity contribution is 6.32. The summed E-state index contributed by atoms with van der Waals surface area (Å²) >= 11 is 6.09. The van der Waals surface area contributed by atoms with Gasteiger partial charge in [0.25, 0.3) is 0 Å². The molecular formula is C14H22ClNO. The van der Waals surface area contributed by atoms with Crippen molar-refractivity contribution < 1.29 is 4.74 Å². The van der Waals surface area contributed by atoms with Crippen LogP contribution in [0.5, 0.6) is 5.75 Å². The normalized spacial score (nSPS) is 11.6. The quantitative estimate of drug-likeness (QED) is 0.829. The number of hydrogen-bond acceptors (Lipinski definition) is 2. The average Bonchev–Trinajstić information content (AvgIpc) is 2.36. The Balaban J connectivity index is 2.67. The van der Waals surface area contributed by atoms with Crippen molar-refractivity contribution in [1.29, 1.82) is 0 Å². The molecule has 0 radical (unpaired) electrons. The predicted octanol–water partition coefficient (Wildman–Crippen LogP) is 4.02. The Labute approximate surface area is 109 Å². The van der Waals surface area contributed by atoms with Gasteiger partial charge in [-0.2, -0.15) is 0 Å². The van der Waals surface area contributed by atoms with Crippen molar-refractivity contribution in [2.75, 3.05) is 7.11 Å². The van der Waals surface area contributed by atoms with Gasteiger partial charge in [0.15, 0.2) is 0 Å². The second-order valence-electron chi connectivity index (χ2n) is 4.59. The van der Waals surface area contributed by atoms with E-state index in [0.717, 1.165) is 25.1 Å². The fourth-order valence-corrected chi connectivity index (χ4v) is 1.92. The van der Waals surface area contributed by atoms with Crippen molar-refractivity contribution >= 4 is 11.6 Å². The molecule has 17 heavy (non-hydrogen) atoms. The molecule has 0 bridgehead atoms. The lowest BCUT2D eigenvalue weighted by Crippen LogP contribution is -2.40. The van der Waals surface area contributed by atoms with Crippen LogP contribution in [-0.2, 0) is 6.54 Å². The van der Waals surface area contributed by atoms with Crippen LogP contribution in [-0.4, -0.2) is 12.6 Å². The van der Waals surface area contributed by atoms with E-state index in [2.05, 4.69) is 26.1 Å². The first kappa shape index (κ1) is 14.3. The highest BCUT2D eigenvalue weighted by atomic mass is 35.5. The zero-order valence-corrected chi connectivity index (χ0v) is 11.9. The van der Waals surface area contributed by atoms with Gasteiger partial charge in [-0.15, -0.1) is 0 Å². The van der Waals surface area contributed by atoms with Crippen LogP contribution in [0.25, 0.3) is 0 Å². The highest BCUT2D eigenvalue weighted by Gasteiger charge is 2.18. The summed E-state index contributed by atoms with van der Waals surface area (Å²) in [5, 5.41) is 4.25. The second-order valence-corrected chi connectivity index (χ2v) is 5.00. The molecule has 0 fully saturated rings. The molecule has 0 saturated carbocycles. The molecule has 0 aliphatic heterocycles. The topological polar surface area (TPSA) is 21.3 Å². The fourth-order valence-electron chi connectivity index (χ4n) is 1.64. The minimum absolute atomic E-state index is 0.201. The Hall–Kier alpha value is -0.730. The van der Waals surface area contributed by atoms with Crippen molar-refractivity contribution in [2.45, 2.75) is 45.7 Å². The monoisotopic (exact) mass is 255 g/mol. The molecule has 0 spiro atoms. The van der Waals surface area contributed by atoms with Gasteiger partial charge in [0.2, 0.25) is 0 Å². The fraction of sp³-hybridized carbons (Fsp3) is 0.571. The molecule has 3 heteroatoms. The Morgan fingerprint density at radius 2 is 1.94 bits per heavy atom. The van der Waals surface area contributed by atoms with Crippen LogP contribution in [0.2, 0.25) is 5.02 Å². The van der Waals surface area contributed by atoms with E-state index in [1.165, 1.54) is 5.56 Å². The van der Waals surface area contributed by atoms with Gasteiger partial charge in [-0.25, -0.2) is 0 Å². The number of nitrogens with one attached hydrogen (secondary N) is 1. The van der Waals surface area contributed by atoms with Crippen molar-refractivity contribution in [1.82, 2.24) is 5.32 Å². The van der Waals surface area contributed by atoms with Gasteiger partial charge in [-0.1, -0.05) is 31.5 Å². The molecule has 1 aromatic carbocycles. The number of ether oxygens (including phenoxy) is 1. The molecule has 0 saturated heterocycles. The molecule has 0 heterocycles. The third kappa shape index (κ3) is 3.90. The average molecular weight is 256 g/mol. The van der Waals surface area contributed by atoms with Crippen LogP contribution < -0.4 is 10.1 Å². The molecule has 0 amide bonds. The van der Waals surface area contributed by atoms with Crippen LogP contribution in [0.3, 0.4) is 0 Å². The van der Waals surface area contributed by atoms with Gasteiger partial charge < -0.3 is 10.1 Å². The summed E-state index contributed by atoms with van der Waals surface area (Å²) in [5.74, 6) is 0.726. The third-order valence-electron chi connectivity index (χ3n) is 3.50. The number of benzene rings is 1. The standard InChI is InChI=1S/C14H22ClNO/c1-5-14(3,6-2)16-10-11-7-8-13(17-4)12(15)9-11/h7-9,16H,5-6,10H2,1-4H3. The Bertz CT molecular complexity index is 361. The Morgan fingerprint density at radius 3 is 2.41 bits per heavy atom. The van der Waals surface area contributed by atoms with Crippen LogP contribution in [0.15, 0.2) is 18.2 Å². The zero-order chi connectivity index (χ0) is 12.9. The van der Waals surface area contributed by atoms with E-state index in [0.29, 0.717) is 5.02 Å². The van der Waals surface area contributed by atoms with Gasteiger partial charge in [-0.05, 0) is 37.5 Å². The molecule has 0 aromatic heterocycles. The summed E-state index contributed by atoms with van der Waals surface area (Å²) in [7, 11) is 1.63. The van der Waals surface area contributed by atoms with Crippen LogP contribution in [0.1, 0.15) is 39.2 Å². The maximum atomic E-state index is 6.09. The van der Waals surface area contributed by atoms with Crippen molar-refractivity contribution in [3.63, 3.8) is 0 Å². The van der Waals surface area contributed by atoms with Crippen LogP contribution in [0, 0.1) is 0 Å². The highest BCUT2D eigenvalue weighted by Crippen LogP contribution is 2.25. The largest absolute Gasteiger partial charge is 0.495 e. The minimum Gasteiger partial charge on any atom is -0.495 e. The number of methoxy groups -OCH3 is 1. The summed E-state index contributed by atoms with van der Waals surface area (Å²) in [6, 6.07) is 5.91. The van der Waals surface area contributed by atoms with Crippen molar-refractivity contribution in [3.8, 4) is 5.75 Å². The Kier molecular flexibility index (Phi) is 5.29. The van der Waals surface area contributed by atoms with E-state index < -0.39 is 0 Å². The number of halogens is 1. The van der Waals surface area contributed by atoms with Gasteiger partial charge in [-0.3, -0.25) is 0 Å². The molecule has 0 unspecified atom stereocenters. The van der Waals surface area contributed by atoms with E-state index in [1.807, 2.05) is 18.2 Å². The molecule has 1 N–H and O–H groups in total. The first-order valence-corrected chi connectivity index (χ1v) is 6.50. The molecule has 0 aliphatic carbocycles. The summed E-state index contributed by atoms with van der Waals surface area (Å²) in [5.41, 5.74) is 1.38. The SMILES string of the molecule is CCC(C)(CC)NCc1ccc(OC)c(Cl)c1.